The van der Waals surface area contributed by atoms with Crippen molar-refractivity contribution < 1.29 is 9.59 Å². The van der Waals surface area contributed by atoms with E-state index in [2.05, 4.69) is 15.8 Å². The van der Waals surface area contributed by atoms with Gasteiger partial charge >= 0.3 is 0 Å². The van der Waals surface area contributed by atoms with Crippen LogP contribution in [0.4, 0.5) is 0 Å². The van der Waals surface area contributed by atoms with Gasteiger partial charge in [0.05, 0.1) is 5.56 Å². The van der Waals surface area contributed by atoms with Gasteiger partial charge in [-0.25, -0.2) is 0 Å². The molecule has 1 aromatic rings. The van der Waals surface area contributed by atoms with Crippen LogP contribution in [-0.4, -0.2) is 16.8 Å². The molecule has 3 atom stereocenters. The maximum absolute atomic E-state index is 11.9. The number of pyridine rings is 1. The van der Waals surface area contributed by atoms with Crippen molar-refractivity contribution in [3.8, 4) is 0 Å². The number of hydrogen-bond donors (Lipinski definition) is 2. The van der Waals surface area contributed by atoms with E-state index in [0.717, 1.165) is 11.8 Å². The largest absolute Gasteiger partial charge is 0.273 e. The Labute approximate surface area is 118 Å². The van der Waals surface area contributed by atoms with E-state index in [1.165, 1.54) is 31.9 Å². The standard InChI is InChI=1S/C15H19N3O2/c19-14(8-13-7-10-3-4-11(13)6-10)17-18-15(20)12-2-1-5-16-9-12/h1-2,5,9-11,13H,3-4,6-8H2,(H,17,19)(H,18,20)/t10-,11-,13+/m0/s1. The fourth-order valence-electron chi connectivity index (χ4n) is 3.61. The highest BCUT2D eigenvalue weighted by molar-refractivity contribution is 5.95. The number of amides is 2. The van der Waals surface area contributed by atoms with Gasteiger partial charge in [-0.2, -0.15) is 0 Å². The van der Waals surface area contributed by atoms with E-state index < -0.39 is 0 Å². The summed E-state index contributed by atoms with van der Waals surface area (Å²) in [6, 6.07) is 3.34. The highest BCUT2D eigenvalue weighted by Crippen LogP contribution is 2.49. The lowest BCUT2D eigenvalue weighted by molar-refractivity contribution is -0.123. The van der Waals surface area contributed by atoms with E-state index in [0.29, 0.717) is 17.9 Å². The van der Waals surface area contributed by atoms with Crippen LogP contribution in [0.3, 0.4) is 0 Å². The average Bonchev–Trinajstić information content (AvgIpc) is 3.08. The Morgan fingerprint density at radius 3 is 2.80 bits per heavy atom. The van der Waals surface area contributed by atoms with E-state index in [1.54, 1.807) is 18.3 Å². The van der Waals surface area contributed by atoms with Crippen molar-refractivity contribution in [2.24, 2.45) is 17.8 Å². The molecule has 5 nitrogen and oxygen atoms in total. The first-order valence-electron chi connectivity index (χ1n) is 7.21. The Bertz CT molecular complexity index is 503. The molecule has 2 saturated carbocycles. The lowest BCUT2D eigenvalue weighted by Gasteiger charge is -2.20. The van der Waals surface area contributed by atoms with Crippen LogP contribution in [0.1, 0.15) is 42.5 Å². The second-order valence-corrected chi connectivity index (χ2v) is 5.88. The molecule has 0 unspecified atom stereocenters. The lowest BCUT2D eigenvalue weighted by Crippen LogP contribution is -2.42. The number of carbonyl (C=O) groups excluding carboxylic acids is 2. The summed E-state index contributed by atoms with van der Waals surface area (Å²) in [6.45, 7) is 0. The van der Waals surface area contributed by atoms with Crippen LogP contribution >= 0.6 is 0 Å². The predicted octanol–water partition coefficient (Wildman–Crippen LogP) is 1.67. The minimum Gasteiger partial charge on any atom is -0.273 e. The summed E-state index contributed by atoms with van der Waals surface area (Å²) in [7, 11) is 0. The zero-order valence-corrected chi connectivity index (χ0v) is 11.3. The summed E-state index contributed by atoms with van der Waals surface area (Å²) in [5.74, 6) is 1.63. The van der Waals surface area contributed by atoms with Crippen molar-refractivity contribution >= 4 is 11.8 Å². The number of nitrogens with one attached hydrogen (secondary N) is 2. The van der Waals surface area contributed by atoms with Gasteiger partial charge in [-0.05, 0) is 49.1 Å². The van der Waals surface area contributed by atoms with Gasteiger partial charge in [-0.15, -0.1) is 0 Å². The van der Waals surface area contributed by atoms with E-state index in [-0.39, 0.29) is 11.8 Å². The van der Waals surface area contributed by atoms with Crippen molar-refractivity contribution in [1.29, 1.82) is 0 Å². The molecule has 3 rings (SSSR count). The first-order valence-corrected chi connectivity index (χ1v) is 7.21. The maximum atomic E-state index is 11.9. The van der Waals surface area contributed by atoms with Gasteiger partial charge in [0.25, 0.3) is 5.91 Å². The Morgan fingerprint density at radius 1 is 1.25 bits per heavy atom. The Morgan fingerprint density at radius 2 is 2.15 bits per heavy atom. The molecule has 2 aliphatic rings. The Balaban J connectivity index is 1.44. The summed E-state index contributed by atoms with van der Waals surface area (Å²) in [5, 5.41) is 0. The fourth-order valence-corrected chi connectivity index (χ4v) is 3.61. The van der Waals surface area contributed by atoms with Gasteiger partial charge in [-0.3, -0.25) is 25.4 Å². The third-order valence-corrected chi connectivity index (χ3v) is 4.57. The number of nitrogens with zero attached hydrogens (tertiary/aromatic N) is 1. The maximum Gasteiger partial charge on any atom is 0.271 e. The zero-order valence-electron chi connectivity index (χ0n) is 11.3. The van der Waals surface area contributed by atoms with E-state index >= 15 is 0 Å². The number of hydrazine groups is 1. The molecule has 0 aliphatic heterocycles. The molecule has 2 bridgehead atoms. The molecule has 106 valence electrons. The molecular weight excluding hydrogens is 254 g/mol. The summed E-state index contributed by atoms with van der Waals surface area (Å²) < 4.78 is 0. The first kappa shape index (κ1) is 13.1. The molecule has 20 heavy (non-hydrogen) atoms. The third kappa shape index (κ3) is 2.81. The molecule has 2 N–H and O–H groups in total. The van der Waals surface area contributed by atoms with Crippen molar-refractivity contribution in [3.05, 3.63) is 30.1 Å². The predicted molar refractivity (Wildman–Crippen MR) is 73.4 cm³/mol. The van der Waals surface area contributed by atoms with Gasteiger partial charge in [0, 0.05) is 18.8 Å². The van der Waals surface area contributed by atoms with Crippen molar-refractivity contribution in [1.82, 2.24) is 15.8 Å². The lowest BCUT2D eigenvalue weighted by atomic mass is 9.86. The van der Waals surface area contributed by atoms with Gasteiger partial charge in [0.2, 0.25) is 5.91 Å². The molecule has 1 aromatic heterocycles. The molecule has 0 radical (unpaired) electrons. The number of carbonyl (C=O) groups is 2. The van der Waals surface area contributed by atoms with Crippen molar-refractivity contribution in [2.45, 2.75) is 32.1 Å². The second kappa shape index (κ2) is 5.61. The molecule has 2 fully saturated rings. The monoisotopic (exact) mass is 273 g/mol. The molecular formula is C15H19N3O2. The molecule has 5 heteroatoms. The highest BCUT2D eigenvalue weighted by atomic mass is 16.2. The zero-order chi connectivity index (χ0) is 13.9. The normalized spacial score (nSPS) is 27.3. The van der Waals surface area contributed by atoms with E-state index in [9.17, 15) is 9.59 Å². The summed E-state index contributed by atoms with van der Waals surface area (Å²) >= 11 is 0. The van der Waals surface area contributed by atoms with Crippen LogP contribution in [0, 0.1) is 17.8 Å². The number of fused-ring (bicyclic) bond motifs is 2. The fraction of sp³-hybridized carbons (Fsp3) is 0.533. The summed E-state index contributed by atoms with van der Waals surface area (Å²) in [4.78, 5) is 27.5. The molecule has 0 saturated heterocycles. The van der Waals surface area contributed by atoms with Gasteiger partial charge < -0.3 is 0 Å². The Kier molecular flexibility index (Phi) is 3.67. The highest BCUT2D eigenvalue weighted by Gasteiger charge is 2.40. The van der Waals surface area contributed by atoms with Crippen LogP contribution < -0.4 is 10.9 Å². The topological polar surface area (TPSA) is 71.1 Å². The molecule has 2 amide bonds. The molecule has 2 aliphatic carbocycles. The van der Waals surface area contributed by atoms with Gasteiger partial charge in [0.15, 0.2) is 0 Å². The minimum absolute atomic E-state index is 0.0974. The first-order chi connectivity index (χ1) is 9.72. The van der Waals surface area contributed by atoms with Crippen LogP contribution in [0.5, 0.6) is 0 Å². The molecule has 1 heterocycles. The van der Waals surface area contributed by atoms with E-state index in [4.69, 9.17) is 0 Å². The van der Waals surface area contributed by atoms with Gasteiger partial charge in [-0.1, -0.05) is 6.42 Å². The smallest absolute Gasteiger partial charge is 0.271 e. The second-order valence-electron chi connectivity index (χ2n) is 5.88. The van der Waals surface area contributed by atoms with Crippen LogP contribution in [-0.2, 0) is 4.79 Å². The van der Waals surface area contributed by atoms with Crippen LogP contribution in [0.15, 0.2) is 24.5 Å². The molecule has 0 spiro atoms. The summed E-state index contributed by atoms with van der Waals surface area (Å²) in [6.07, 6.45) is 8.66. The van der Waals surface area contributed by atoms with Gasteiger partial charge in [0.1, 0.15) is 0 Å². The van der Waals surface area contributed by atoms with Crippen molar-refractivity contribution in [2.75, 3.05) is 0 Å². The van der Waals surface area contributed by atoms with Crippen LogP contribution in [0.2, 0.25) is 0 Å². The summed E-state index contributed by atoms with van der Waals surface area (Å²) in [5.41, 5.74) is 5.38. The number of aromatic nitrogens is 1. The van der Waals surface area contributed by atoms with E-state index in [1.807, 2.05) is 0 Å². The SMILES string of the molecule is O=C(C[C@H]1C[C@H]2CC[C@H]1C2)NNC(=O)c1cccnc1. The minimum atomic E-state index is -0.334. The van der Waals surface area contributed by atoms with Crippen LogP contribution in [0.25, 0.3) is 0 Å². The Hall–Kier alpha value is -1.91. The quantitative estimate of drug-likeness (QED) is 0.823. The molecule has 0 aromatic carbocycles. The van der Waals surface area contributed by atoms with Crippen molar-refractivity contribution in [3.63, 3.8) is 0 Å². The average molecular weight is 273 g/mol. The number of rotatable bonds is 3. The number of hydrogen-bond acceptors (Lipinski definition) is 3. The third-order valence-electron chi connectivity index (χ3n) is 4.57.